The lowest BCUT2D eigenvalue weighted by molar-refractivity contribution is 0.102. The van der Waals surface area contributed by atoms with Crippen molar-refractivity contribution in [3.8, 4) is 16.9 Å². The second kappa shape index (κ2) is 9.74. The van der Waals surface area contributed by atoms with Gasteiger partial charge in [0.1, 0.15) is 11.4 Å². The van der Waals surface area contributed by atoms with Gasteiger partial charge in [-0.1, -0.05) is 18.2 Å². The monoisotopic (exact) mass is 476 g/mol. The molecule has 1 saturated carbocycles. The number of hydrogen-bond donors (Lipinski definition) is 0. The predicted octanol–water partition coefficient (Wildman–Crippen LogP) is 5.01. The van der Waals surface area contributed by atoms with E-state index in [0.717, 1.165) is 71.4 Å². The first kappa shape index (κ1) is 24.0. The third-order valence-electron chi connectivity index (χ3n) is 7.52. The van der Waals surface area contributed by atoms with Gasteiger partial charge in [-0.15, -0.1) is 0 Å². The zero-order chi connectivity index (χ0) is 24.6. The summed E-state index contributed by atoms with van der Waals surface area (Å²) in [4.78, 5) is 8.91. The van der Waals surface area contributed by atoms with E-state index in [4.69, 9.17) is 14.5 Å². The number of pyridine rings is 1. The Hall–Kier alpha value is -2.71. The van der Waals surface area contributed by atoms with Crippen LogP contribution in [0.15, 0.2) is 48.7 Å². The van der Waals surface area contributed by atoms with Gasteiger partial charge in [-0.2, -0.15) is 0 Å². The summed E-state index contributed by atoms with van der Waals surface area (Å²) in [6.07, 6.45) is 5.65. The van der Waals surface area contributed by atoms with Crippen molar-refractivity contribution >= 4 is 22.3 Å². The van der Waals surface area contributed by atoms with Gasteiger partial charge in [0.05, 0.1) is 35.9 Å². The van der Waals surface area contributed by atoms with Gasteiger partial charge in [0.25, 0.3) is 0 Å². The lowest BCUT2D eigenvalue weighted by atomic mass is 10.0. The lowest BCUT2D eigenvalue weighted by Gasteiger charge is -2.44. The van der Waals surface area contributed by atoms with Crippen LogP contribution in [-0.4, -0.2) is 70.1 Å². The molecule has 2 heterocycles. The van der Waals surface area contributed by atoms with Crippen molar-refractivity contribution in [3.63, 3.8) is 0 Å². The second-order valence-electron chi connectivity index (χ2n) is 10.2. The van der Waals surface area contributed by atoms with Crippen LogP contribution in [0, 0.1) is 5.21 Å². The van der Waals surface area contributed by atoms with Gasteiger partial charge in [-0.05, 0) is 62.3 Å². The Morgan fingerprint density at radius 1 is 1.11 bits per heavy atom. The molecule has 0 amide bonds. The van der Waals surface area contributed by atoms with Crippen molar-refractivity contribution in [1.82, 2.24) is 14.5 Å². The largest absolute Gasteiger partial charge is 0.626 e. The van der Waals surface area contributed by atoms with Crippen molar-refractivity contribution < 1.29 is 9.47 Å². The van der Waals surface area contributed by atoms with Gasteiger partial charge in [-0.25, -0.2) is 0 Å². The summed E-state index contributed by atoms with van der Waals surface area (Å²) in [5.41, 5.74) is 4.83. The van der Waals surface area contributed by atoms with Gasteiger partial charge < -0.3 is 29.1 Å². The summed E-state index contributed by atoms with van der Waals surface area (Å²) < 4.78 is 11.2. The van der Waals surface area contributed by atoms with E-state index in [1.807, 2.05) is 31.4 Å². The van der Waals surface area contributed by atoms with E-state index in [1.165, 1.54) is 0 Å². The summed E-state index contributed by atoms with van der Waals surface area (Å²) in [5, 5.41) is 15.4. The number of quaternary nitrogens is 1. The highest BCUT2D eigenvalue weighted by Crippen LogP contribution is 2.49. The Morgan fingerprint density at radius 2 is 1.89 bits per heavy atom. The van der Waals surface area contributed by atoms with Crippen molar-refractivity contribution in [2.45, 2.75) is 37.8 Å². The molecule has 35 heavy (non-hydrogen) atoms. The molecular formula is C28H36N4O3. The normalized spacial score (nSPS) is 23.9. The molecule has 186 valence electrons. The summed E-state index contributed by atoms with van der Waals surface area (Å²) in [5.74, 6) is 0.877. The van der Waals surface area contributed by atoms with E-state index in [-0.39, 0.29) is 16.8 Å². The summed E-state index contributed by atoms with van der Waals surface area (Å²) in [6.45, 7) is 2.13. The van der Waals surface area contributed by atoms with Gasteiger partial charge in [0.2, 0.25) is 0 Å². The molecule has 1 fully saturated rings. The average molecular weight is 477 g/mol. The topological polar surface area (TPSA) is 60.9 Å². The average Bonchev–Trinajstić information content (AvgIpc) is 3.45. The molecule has 2 aromatic carbocycles. The Bertz CT molecular complexity index is 1180. The zero-order valence-electron chi connectivity index (χ0n) is 21.2. The highest BCUT2D eigenvalue weighted by Gasteiger charge is 2.45. The molecule has 1 aromatic heterocycles. The summed E-state index contributed by atoms with van der Waals surface area (Å²) in [6, 6.07) is 14.5. The highest BCUT2D eigenvalue weighted by molar-refractivity contribution is 6.01. The predicted molar refractivity (Wildman–Crippen MR) is 143 cm³/mol. The maximum absolute atomic E-state index is 14.5. The van der Waals surface area contributed by atoms with Crippen molar-refractivity contribution in [2.24, 2.45) is 0 Å². The van der Waals surface area contributed by atoms with Crippen LogP contribution in [0.3, 0.4) is 0 Å². The fraction of sp³-hybridized carbons (Fsp3) is 0.464. The molecule has 5 rings (SSSR count). The number of benzene rings is 2. The maximum atomic E-state index is 14.5. The van der Waals surface area contributed by atoms with Gasteiger partial charge in [0.15, 0.2) is 12.4 Å². The van der Waals surface area contributed by atoms with E-state index in [9.17, 15) is 5.21 Å². The van der Waals surface area contributed by atoms with Gasteiger partial charge in [0, 0.05) is 33.5 Å². The van der Waals surface area contributed by atoms with Crippen LogP contribution in [0.2, 0.25) is 0 Å². The van der Waals surface area contributed by atoms with E-state index >= 15 is 0 Å². The molecule has 0 spiro atoms. The zero-order valence-corrected chi connectivity index (χ0v) is 21.2. The Labute approximate surface area is 208 Å². The summed E-state index contributed by atoms with van der Waals surface area (Å²) in [7, 11) is 7.88. The third kappa shape index (κ3) is 4.61. The van der Waals surface area contributed by atoms with E-state index in [0.29, 0.717) is 13.3 Å². The first-order chi connectivity index (χ1) is 16.9. The maximum Gasteiger partial charge on any atom is 0.169 e. The number of fused-ring (bicyclic) bond motifs is 3. The van der Waals surface area contributed by atoms with E-state index < -0.39 is 0 Å². The third-order valence-corrected chi connectivity index (χ3v) is 7.52. The van der Waals surface area contributed by atoms with Crippen LogP contribution >= 0.6 is 0 Å². The number of anilines is 1. The van der Waals surface area contributed by atoms with Crippen LogP contribution < -0.4 is 14.3 Å². The SMILES string of the molecule is CO[C@@H]1CC[C@@H]([N+]2([O-])CN(C)c3cnc4ccc(-c5ccc(OCCCN(C)C)cc5)cc4c32)C1. The summed E-state index contributed by atoms with van der Waals surface area (Å²) >= 11 is 0. The molecule has 7 nitrogen and oxygen atoms in total. The van der Waals surface area contributed by atoms with Crippen LogP contribution in [0.4, 0.5) is 11.4 Å². The minimum atomic E-state index is -0.326. The number of rotatable bonds is 8. The van der Waals surface area contributed by atoms with Crippen LogP contribution in [0.1, 0.15) is 25.7 Å². The molecule has 0 N–H and O–H groups in total. The van der Waals surface area contributed by atoms with Crippen LogP contribution in [-0.2, 0) is 4.74 Å². The molecule has 0 bridgehead atoms. The molecule has 1 unspecified atom stereocenters. The Kier molecular flexibility index (Phi) is 6.68. The molecular weight excluding hydrogens is 440 g/mol. The number of nitrogens with zero attached hydrogens (tertiary/aromatic N) is 4. The van der Waals surface area contributed by atoms with Gasteiger partial charge >= 0.3 is 0 Å². The Balaban J connectivity index is 1.45. The first-order valence-corrected chi connectivity index (χ1v) is 12.5. The minimum absolute atomic E-state index is 0.00170. The first-order valence-electron chi connectivity index (χ1n) is 12.5. The van der Waals surface area contributed by atoms with Crippen LogP contribution in [0.5, 0.6) is 5.75 Å². The molecule has 0 radical (unpaired) electrons. The minimum Gasteiger partial charge on any atom is -0.626 e. The second-order valence-corrected chi connectivity index (χ2v) is 10.2. The standard InChI is InChI=1S/C28H36N4O3/c1-30(2)14-5-15-35-23-10-6-20(7-11-23)21-8-13-26-25(16-21)28-27(18-29-26)31(3)19-32(28,33)22-9-12-24(17-22)34-4/h6-8,10-11,13,16,18,22,24H,5,9,12,14-15,17,19H2,1-4H3/t22-,24-,32?/m1/s1. The molecule has 3 atom stereocenters. The molecule has 2 aliphatic rings. The molecule has 0 saturated heterocycles. The number of hydroxylamine groups is 2. The number of methoxy groups -OCH3 is 1. The smallest absolute Gasteiger partial charge is 0.169 e. The van der Waals surface area contributed by atoms with Crippen molar-refractivity contribution in [1.29, 1.82) is 0 Å². The molecule has 1 aliphatic carbocycles. The number of ether oxygens (including phenoxy) is 2. The number of hydrogen-bond acceptors (Lipinski definition) is 6. The van der Waals surface area contributed by atoms with Crippen molar-refractivity contribution in [2.75, 3.05) is 53.0 Å². The molecule has 3 aromatic rings. The van der Waals surface area contributed by atoms with E-state index in [2.05, 4.69) is 48.2 Å². The fourth-order valence-electron chi connectivity index (χ4n) is 5.61. The Morgan fingerprint density at radius 3 is 2.60 bits per heavy atom. The number of aromatic nitrogens is 1. The molecule has 7 heteroatoms. The molecule has 1 aliphatic heterocycles. The quantitative estimate of drug-likeness (QED) is 0.259. The lowest BCUT2D eigenvalue weighted by Crippen LogP contribution is -2.52. The van der Waals surface area contributed by atoms with Crippen molar-refractivity contribution in [3.05, 3.63) is 53.9 Å². The van der Waals surface area contributed by atoms with E-state index in [1.54, 1.807) is 7.11 Å². The van der Waals surface area contributed by atoms with Crippen LogP contribution in [0.25, 0.3) is 22.0 Å². The fourth-order valence-corrected chi connectivity index (χ4v) is 5.61. The highest BCUT2D eigenvalue weighted by atomic mass is 16.6. The van der Waals surface area contributed by atoms with Gasteiger partial charge in [-0.3, -0.25) is 4.98 Å².